The monoisotopic (exact) mass is 240 g/mol. The third-order valence-electron chi connectivity index (χ3n) is 2.20. The minimum absolute atomic E-state index is 0.143. The van der Waals surface area contributed by atoms with Crippen molar-refractivity contribution in [2.24, 2.45) is 0 Å². The van der Waals surface area contributed by atoms with E-state index in [4.69, 9.17) is 5.26 Å². The van der Waals surface area contributed by atoms with Crippen LogP contribution in [-0.4, -0.2) is 18.1 Å². The van der Waals surface area contributed by atoms with E-state index in [0.717, 1.165) is 0 Å². The minimum Gasteiger partial charge on any atom is -0.469 e. The van der Waals surface area contributed by atoms with E-state index in [1.54, 1.807) is 6.07 Å². The quantitative estimate of drug-likeness (QED) is 0.757. The van der Waals surface area contributed by atoms with Gasteiger partial charge in [-0.1, -0.05) is 0 Å². The molecule has 0 saturated carbocycles. The first-order chi connectivity index (χ1) is 7.99. The van der Waals surface area contributed by atoms with Crippen molar-refractivity contribution in [2.45, 2.75) is 19.8 Å². The fourth-order valence-electron chi connectivity index (χ4n) is 1.42. The van der Waals surface area contributed by atoms with Gasteiger partial charge < -0.3 is 4.74 Å². The number of hydrogen-bond acceptors (Lipinski definition) is 4. The topological polar surface area (TPSA) is 63.0 Å². The molecule has 1 rings (SSSR count). The summed E-state index contributed by atoms with van der Waals surface area (Å²) in [5, 5.41) is 8.75. The maximum Gasteiger partial charge on any atom is 0.311 e. The molecule has 0 saturated heterocycles. The molecule has 6 heteroatoms. The number of carbonyl (C=O) groups is 1. The van der Waals surface area contributed by atoms with E-state index in [0.29, 0.717) is 0 Å². The number of nitrogens with zero attached hydrogens (tertiary/aromatic N) is 2. The van der Waals surface area contributed by atoms with E-state index < -0.39 is 12.4 Å². The molecule has 0 aromatic carbocycles. The van der Waals surface area contributed by atoms with Crippen molar-refractivity contribution >= 4 is 5.97 Å². The summed E-state index contributed by atoms with van der Waals surface area (Å²) in [6.07, 6.45) is -2.90. The third kappa shape index (κ3) is 2.97. The second-order valence-corrected chi connectivity index (χ2v) is 3.36. The van der Waals surface area contributed by atoms with Gasteiger partial charge in [-0.25, -0.2) is 13.8 Å². The van der Waals surface area contributed by atoms with E-state index >= 15 is 0 Å². The van der Waals surface area contributed by atoms with Gasteiger partial charge in [0.1, 0.15) is 11.8 Å². The first-order valence-electron chi connectivity index (χ1n) is 4.75. The Kier molecular flexibility index (Phi) is 4.10. The van der Waals surface area contributed by atoms with Gasteiger partial charge in [0.25, 0.3) is 6.43 Å². The number of hydrogen-bond donors (Lipinski definition) is 0. The summed E-state index contributed by atoms with van der Waals surface area (Å²) < 4.78 is 29.7. The van der Waals surface area contributed by atoms with E-state index in [1.807, 2.05) is 0 Å². The Labute approximate surface area is 96.8 Å². The highest BCUT2D eigenvalue weighted by molar-refractivity contribution is 5.72. The molecule has 1 heterocycles. The van der Waals surface area contributed by atoms with E-state index in [-0.39, 0.29) is 28.9 Å². The summed E-state index contributed by atoms with van der Waals surface area (Å²) in [5.41, 5.74) is -0.249. The number of nitriles is 1. The van der Waals surface area contributed by atoms with E-state index in [9.17, 15) is 13.6 Å². The summed E-state index contributed by atoms with van der Waals surface area (Å²) in [6.45, 7) is 1.45. The highest BCUT2D eigenvalue weighted by atomic mass is 19.3. The van der Waals surface area contributed by atoms with E-state index in [2.05, 4.69) is 9.72 Å². The number of carbonyl (C=O) groups excluding carboxylic acids is 1. The Bertz CT molecular complexity index is 481. The lowest BCUT2D eigenvalue weighted by molar-refractivity contribution is -0.139. The minimum atomic E-state index is -2.76. The Morgan fingerprint density at radius 3 is 2.76 bits per heavy atom. The highest BCUT2D eigenvalue weighted by Gasteiger charge is 2.19. The van der Waals surface area contributed by atoms with Crippen LogP contribution in [-0.2, 0) is 16.0 Å². The van der Waals surface area contributed by atoms with Crippen molar-refractivity contribution in [2.75, 3.05) is 7.11 Å². The summed E-state index contributed by atoms with van der Waals surface area (Å²) in [7, 11) is 1.22. The maximum atomic E-state index is 12.7. The van der Waals surface area contributed by atoms with Crippen LogP contribution in [0, 0.1) is 18.3 Å². The molecule has 0 aliphatic heterocycles. The number of alkyl halides is 2. The zero-order valence-electron chi connectivity index (χ0n) is 9.33. The molecule has 0 unspecified atom stereocenters. The lowest BCUT2D eigenvalue weighted by Crippen LogP contribution is -2.09. The van der Waals surface area contributed by atoms with Crippen LogP contribution in [0.5, 0.6) is 0 Å². The Balaban J connectivity index is 3.19. The molecule has 90 valence electrons. The van der Waals surface area contributed by atoms with Gasteiger partial charge in [0.05, 0.1) is 24.8 Å². The molecular weight excluding hydrogens is 230 g/mol. The number of esters is 1. The molecule has 0 amide bonds. The zero-order valence-corrected chi connectivity index (χ0v) is 9.33. The maximum absolute atomic E-state index is 12.7. The second-order valence-electron chi connectivity index (χ2n) is 3.36. The van der Waals surface area contributed by atoms with Crippen LogP contribution in [0.1, 0.15) is 28.9 Å². The molecule has 17 heavy (non-hydrogen) atoms. The Hall–Kier alpha value is -2.03. The van der Waals surface area contributed by atoms with Crippen LogP contribution in [0.25, 0.3) is 0 Å². The van der Waals surface area contributed by atoms with Crippen LogP contribution in [0.3, 0.4) is 0 Å². The van der Waals surface area contributed by atoms with Crippen LogP contribution in [0.15, 0.2) is 6.07 Å². The molecule has 0 bridgehead atoms. The van der Waals surface area contributed by atoms with Crippen LogP contribution in [0.4, 0.5) is 8.78 Å². The largest absolute Gasteiger partial charge is 0.469 e. The molecule has 0 N–H and O–H groups in total. The van der Waals surface area contributed by atoms with Gasteiger partial charge in [-0.15, -0.1) is 0 Å². The zero-order chi connectivity index (χ0) is 13.0. The molecule has 0 fully saturated rings. The molecular formula is C11H10F2N2O2. The van der Waals surface area contributed by atoms with E-state index in [1.165, 1.54) is 20.1 Å². The van der Waals surface area contributed by atoms with Crippen LogP contribution >= 0.6 is 0 Å². The van der Waals surface area contributed by atoms with Gasteiger partial charge in [-0.2, -0.15) is 5.26 Å². The van der Waals surface area contributed by atoms with Crippen molar-refractivity contribution < 1.29 is 18.3 Å². The molecule has 0 aliphatic carbocycles. The normalized spacial score (nSPS) is 10.1. The first-order valence-corrected chi connectivity index (χ1v) is 4.75. The van der Waals surface area contributed by atoms with Crippen LogP contribution in [0.2, 0.25) is 0 Å². The first kappa shape index (κ1) is 13.0. The average Bonchev–Trinajstić information content (AvgIpc) is 2.27. The standard InChI is InChI=1S/C11H10F2N2O2/c1-6-3-7(4-9(16)17-2)15-8(5-14)10(6)11(12)13/h3,11H,4H2,1-2H3. The summed E-state index contributed by atoms with van der Waals surface area (Å²) in [6, 6.07) is 2.97. The fourth-order valence-corrected chi connectivity index (χ4v) is 1.42. The Morgan fingerprint density at radius 1 is 1.65 bits per heavy atom. The summed E-state index contributed by atoms with van der Waals surface area (Å²) in [4.78, 5) is 14.7. The smallest absolute Gasteiger partial charge is 0.311 e. The average molecular weight is 240 g/mol. The number of pyridine rings is 1. The number of aromatic nitrogens is 1. The number of ether oxygens (including phenoxy) is 1. The predicted molar refractivity (Wildman–Crippen MR) is 54.4 cm³/mol. The van der Waals surface area contributed by atoms with Gasteiger partial charge in [0, 0.05) is 0 Å². The summed E-state index contributed by atoms with van der Waals surface area (Å²) >= 11 is 0. The Morgan fingerprint density at radius 2 is 2.29 bits per heavy atom. The van der Waals surface area contributed by atoms with Gasteiger partial charge in [-0.3, -0.25) is 4.79 Å². The van der Waals surface area contributed by atoms with Crippen molar-refractivity contribution in [1.82, 2.24) is 4.98 Å². The highest BCUT2D eigenvalue weighted by Crippen LogP contribution is 2.25. The number of methoxy groups -OCH3 is 1. The molecule has 1 aromatic heterocycles. The van der Waals surface area contributed by atoms with Gasteiger partial charge in [-0.05, 0) is 18.6 Å². The van der Waals surface area contributed by atoms with Crippen LogP contribution < -0.4 is 0 Å². The molecule has 0 atom stereocenters. The number of aryl methyl sites for hydroxylation is 1. The molecule has 0 spiro atoms. The molecule has 0 radical (unpaired) electrons. The molecule has 0 aliphatic rings. The number of halogens is 2. The lowest BCUT2D eigenvalue weighted by atomic mass is 10.1. The molecule has 1 aromatic rings. The fraction of sp³-hybridized carbons (Fsp3) is 0.364. The van der Waals surface area contributed by atoms with Gasteiger partial charge in [0.2, 0.25) is 0 Å². The van der Waals surface area contributed by atoms with Gasteiger partial charge >= 0.3 is 5.97 Å². The third-order valence-corrected chi connectivity index (χ3v) is 2.20. The lowest BCUT2D eigenvalue weighted by Gasteiger charge is -2.08. The van der Waals surface area contributed by atoms with Crippen molar-refractivity contribution in [3.05, 3.63) is 28.6 Å². The second kappa shape index (κ2) is 5.34. The van der Waals surface area contributed by atoms with Crippen molar-refractivity contribution in [3.63, 3.8) is 0 Å². The van der Waals surface area contributed by atoms with Crippen molar-refractivity contribution in [1.29, 1.82) is 5.26 Å². The van der Waals surface area contributed by atoms with Gasteiger partial charge in [0.15, 0.2) is 0 Å². The predicted octanol–water partition coefficient (Wildman–Crippen LogP) is 1.91. The number of rotatable bonds is 3. The summed E-state index contributed by atoms with van der Waals surface area (Å²) in [5.74, 6) is -0.536. The van der Waals surface area contributed by atoms with Crippen molar-refractivity contribution in [3.8, 4) is 6.07 Å². The SMILES string of the molecule is COC(=O)Cc1cc(C)c(C(F)F)c(C#N)n1. The molecule has 4 nitrogen and oxygen atoms in total.